The van der Waals surface area contributed by atoms with Gasteiger partial charge in [0.2, 0.25) is 0 Å². The molecule has 0 atom stereocenters. The van der Waals surface area contributed by atoms with Gasteiger partial charge in [0.05, 0.1) is 0 Å². The van der Waals surface area contributed by atoms with Crippen LogP contribution in [0.2, 0.25) is 0 Å². The molecule has 0 aliphatic carbocycles. The Labute approximate surface area is 121 Å². The summed E-state index contributed by atoms with van der Waals surface area (Å²) in [7, 11) is -1.81. The third-order valence-corrected chi connectivity index (χ3v) is 4.53. The molecule has 0 saturated heterocycles. The van der Waals surface area contributed by atoms with Gasteiger partial charge in [-0.3, -0.25) is 0 Å². The van der Waals surface area contributed by atoms with Gasteiger partial charge in [-0.25, -0.2) is 4.72 Å². The maximum Gasteiger partial charge on any atom is 0.279 e. The number of nitrogens with one attached hydrogen (secondary N) is 1. The normalized spacial score (nSPS) is 11.6. The molecule has 1 aromatic carbocycles. The highest BCUT2D eigenvalue weighted by Crippen LogP contribution is 2.06. The second-order valence-electron chi connectivity index (χ2n) is 4.50. The van der Waals surface area contributed by atoms with Crippen molar-refractivity contribution in [1.29, 1.82) is 0 Å². The lowest BCUT2D eigenvalue weighted by Crippen LogP contribution is -2.42. The summed E-state index contributed by atoms with van der Waals surface area (Å²) in [6, 6.07) is 7.36. The fraction of sp³-hybridized carbons (Fsp3) is 0.500. The molecule has 0 heterocycles. The Hall–Kier alpha value is -0.820. The van der Waals surface area contributed by atoms with Crippen molar-refractivity contribution in [2.24, 2.45) is 0 Å². The topological polar surface area (TPSA) is 75.4 Å². The summed E-state index contributed by atoms with van der Waals surface area (Å²) >= 11 is 0. The maximum absolute atomic E-state index is 11.8. The molecule has 19 heavy (non-hydrogen) atoms. The van der Waals surface area contributed by atoms with Crippen LogP contribution in [-0.2, 0) is 16.6 Å². The van der Waals surface area contributed by atoms with Crippen molar-refractivity contribution < 1.29 is 8.42 Å². The molecule has 0 amide bonds. The highest BCUT2D eigenvalue weighted by Gasteiger charge is 2.19. The Bertz CT molecular complexity index is 474. The van der Waals surface area contributed by atoms with Crippen molar-refractivity contribution in [3.63, 3.8) is 0 Å². The molecule has 0 aromatic heterocycles. The summed E-state index contributed by atoms with van der Waals surface area (Å²) < 4.78 is 27.5. The minimum absolute atomic E-state index is 0. The molecule has 3 N–H and O–H groups in total. The second kappa shape index (κ2) is 7.69. The fourth-order valence-corrected chi connectivity index (χ4v) is 2.51. The molecule has 0 unspecified atom stereocenters. The first-order valence-electron chi connectivity index (χ1n) is 5.90. The zero-order chi connectivity index (χ0) is 13.8. The van der Waals surface area contributed by atoms with Crippen LogP contribution in [0.4, 0.5) is 5.69 Å². The first kappa shape index (κ1) is 18.2. The molecule has 0 bridgehead atoms. The average molecular weight is 308 g/mol. The molecular weight excluding hydrogens is 286 g/mol. The summed E-state index contributed by atoms with van der Waals surface area (Å²) in [5, 5.41) is 0. The predicted molar refractivity (Wildman–Crippen MR) is 81.6 cm³/mol. The third kappa shape index (κ3) is 5.78. The van der Waals surface area contributed by atoms with E-state index in [2.05, 4.69) is 4.72 Å². The monoisotopic (exact) mass is 307 g/mol. The van der Waals surface area contributed by atoms with Crippen molar-refractivity contribution in [3.05, 3.63) is 29.8 Å². The first-order chi connectivity index (χ1) is 8.33. The molecular formula is C12H22ClN3O2S. The van der Waals surface area contributed by atoms with Crippen LogP contribution in [0.1, 0.15) is 19.4 Å². The van der Waals surface area contributed by atoms with Gasteiger partial charge in [0, 0.05) is 25.3 Å². The number of hydrogen-bond donors (Lipinski definition) is 2. The number of benzene rings is 1. The van der Waals surface area contributed by atoms with E-state index in [1.165, 1.54) is 4.31 Å². The Kier molecular flexibility index (Phi) is 7.36. The first-order valence-corrected chi connectivity index (χ1v) is 7.34. The molecule has 110 valence electrons. The number of nitrogen functional groups attached to an aromatic ring is 1. The van der Waals surface area contributed by atoms with Crippen LogP contribution in [0.25, 0.3) is 0 Å². The van der Waals surface area contributed by atoms with E-state index in [4.69, 9.17) is 5.73 Å². The largest absolute Gasteiger partial charge is 0.399 e. The maximum atomic E-state index is 11.8. The van der Waals surface area contributed by atoms with Gasteiger partial charge < -0.3 is 5.73 Å². The highest BCUT2D eigenvalue weighted by atomic mass is 35.5. The summed E-state index contributed by atoms with van der Waals surface area (Å²) in [4.78, 5) is 0. The zero-order valence-corrected chi connectivity index (χ0v) is 13.1. The number of halogens is 1. The molecule has 5 nitrogen and oxygen atoms in total. The van der Waals surface area contributed by atoms with E-state index in [0.29, 0.717) is 18.7 Å². The van der Waals surface area contributed by atoms with Gasteiger partial charge in [-0.2, -0.15) is 12.7 Å². The van der Waals surface area contributed by atoms with Gasteiger partial charge in [0.1, 0.15) is 0 Å². The lowest BCUT2D eigenvalue weighted by Gasteiger charge is -2.21. The van der Waals surface area contributed by atoms with Crippen LogP contribution in [0, 0.1) is 0 Å². The van der Waals surface area contributed by atoms with E-state index < -0.39 is 10.2 Å². The van der Waals surface area contributed by atoms with Crippen molar-refractivity contribution in [3.8, 4) is 0 Å². The van der Waals surface area contributed by atoms with Crippen molar-refractivity contribution in [2.75, 3.05) is 19.3 Å². The van der Waals surface area contributed by atoms with Gasteiger partial charge in [-0.05, 0) is 38.0 Å². The summed E-state index contributed by atoms with van der Waals surface area (Å²) in [6.45, 7) is 4.04. The van der Waals surface area contributed by atoms with Gasteiger partial charge in [0.25, 0.3) is 10.2 Å². The van der Waals surface area contributed by atoms with E-state index in [9.17, 15) is 8.42 Å². The van der Waals surface area contributed by atoms with Gasteiger partial charge >= 0.3 is 0 Å². The Morgan fingerprint density at radius 2 is 1.79 bits per heavy atom. The summed E-state index contributed by atoms with van der Waals surface area (Å²) in [5.41, 5.74) is 7.34. The quantitative estimate of drug-likeness (QED) is 0.780. The molecule has 0 aliphatic heterocycles. The SMILES string of the molecule is CC(C)N(C)S(=O)(=O)NCCc1ccc(N)cc1.Cl. The Morgan fingerprint density at radius 1 is 1.26 bits per heavy atom. The van der Waals surface area contributed by atoms with Crippen LogP contribution in [0.5, 0.6) is 0 Å². The van der Waals surface area contributed by atoms with Crippen LogP contribution in [0.3, 0.4) is 0 Å². The molecule has 7 heteroatoms. The molecule has 0 fully saturated rings. The summed E-state index contributed by atoms with van der Waals surface area (Å²) in [5.74, 6) is 0. The molecule has 0 saturated carbocycles. The lowest BCUT2D eigenvalue weighted by molar-refractivity contribution is 0.403. The predicted octanol–water partition coefficient (Wildman–Crippen LogP) is 1.41. The highest BCUT2D eigenvalue weighted by molar-refractivity contribution is 7.87. The van der Waals surface area contributed by atoms with Gasteiger partial charge in [0.15, 0.2) is 0 Å². The van der Waals surface area contributed by atoms with Gasteiger partial charge in [-0.15, -0.1) is 12.4 Å². The average Bonchev–Trinajstić information content (AvgIpc) is 2.30. The van der Waals surface area contributed by atoms with Crippen molar-refractivity contribution in [1.82, 2.24) is 9.03 Å². The summed E-state index contributed by atoms with van der Waals surface area (Å²) in [6.07, 6.45) is 0.644. The lowest BCUT2D eigenvalue weighted by atomic mass is 10.1. The molecule has 0 aliphatic rings. The van der Waals surface area contributed by atoms with Crippen LogP contribution in [-0.4, -0.2) is 32.4 Å². The fourth-order valence-electron chi connectivity index (χ4n) is 1.39. The molecule has 0 radical (unpaired) electrons. The van der Waals surface area contributed by atoms with E-state index in [-0.39, 0.29) is 18.4 Å². The standard InChI is InChI=1S/C12H21N3O2S.ClH/c1-10(2)15(3)18(16,17)14-9-8-11-4-6-12(13)7-5-11;/h4-7,10,14H,8-9,13H2,1-3H3;1H. The smallest absolute Gasteiger partial charge is 0.279 e. The molecule has 1 rings (SSSR count). The van der Waals surface area contributed by atoms with E-state index in [0.717, 1.165) is 5.56 Å². The minimum atomic E-state index is -3.38. The second-order valence-corrected chi connectivity index (χ2v) is 6.32. The van der Waals surface area contributed by atoms with Crippen LogP contribution >= 0.6 is 12.4 Å². The molecule has 0 spiro atoms. The minimum Gasteiger partial charge on any atom is -0.399 e. The van der Waals surface area contributed by atoms with Crippen LogP contribution < -0.4 is 10.5 Å². The van der Waals surface area contributed by atoms with Crippen molar-refractivity contribution >= 4 is 28.3 Å². The number of anilines is 1. The van der Waals surface area contributed by atoms with E-state index in [1.54, 1.807) is 7.05 Å². The van der Waals surface area contributed by atoms with Crippen LogP contribution in [0.15, 0.2) is 24.3 Å². The number of nitrogens with zero attached hydrogens (tertiary/aromatic N) is 1. The number of nitrogens with two attached hydrogens (primary N) is 1. The number of hydrogen-bond acceptors (Lipinski definition) is 3. The van der Waals surface area contributed by atoms with Gasteiger partial charge in [-0.1, -0.05) is 12.1 Å². The van der Waals surface area contributed by atoms with E-state index in [1.807, 2.05) is 38.1 Å². The van der Waals surface area contributed by atoms with E-state index >= 15 is 0 Å². The van der Waals surface area contributed by atoms with Crippen molar-refractivity contribution in [2.45, 2.75) is 26.3 Å². The third-order valence-electron chi connectivity index (χ3n) is 2.78. The zero-order valence-electron chi connectivity index (χ0n) is 11.5. The Balaban J connectivity index is 0.00000324. The Morgan fingerprint density at radius 3 is 2.26 bits per heavy atom. The molecule has 1 aromatic rings. The number of rotatable bonds is 6.